The van der Waals surface area contributed by atoms with E-state index in [4.69, 9.17) is 0 Å². The second kappa shape index (κ2) is 6.57. The Morgan fingerprint density at radius 2 is 1.17 bits per heavy atom. The van der Waals surface area contributed by atoms with E-state index in [0.717, 1.165) is 5.82 Å². The molecule has 1 heteroatoms. The zero-order chi connectivity index (χ0) is 8.65. The average Bonchev–Trinajstić information content (AvgIpc) is 2.14. The lowest BCUT2D eigenvalue weighted by Crippen LogP contribution is -2.01. The molecule has 0 radical (unpaired) electrons. The summed E-state index contributed by atoms with van der Waals surface area (Å²) in [7, 11) is 1.42. The molecule has 0 unspecified atom stereocenters. The zero-order valence-corrected chi connectivity index (χ0v) is 8.65. The van der Waals surface area contributed by atoms with Crippen LogP contribution >= 0.6 is 0 Å². The van der Waals surface area contributed by atoms with Gasteiger partial charge in [0.2, 0.25) is 0 Å². The van der Waals surface area contributed by atoms with Crippen LogP contribution < -0.4 is 0 Å². The van der Waals surface area contributed by atoms with Gasteiger partial charge in [-0.25, -0.2) is 0 Å². The van der Waals surface area contributed by atoms with Crippen LogP contribution in [0.25, 0.3) is 0 Å². The minimum atomic E-state index is 1.06. The van der Waals surface area contributed by atoms with Crippen molar-refractivity contribution in [2.24, 2.45) is 0 Å². The van der Waals surface area contributed by atoms with Crippen molar-refractivity contribution in [2.75, 3.05) is 0 Å². The third-order valence-corrected chi connectivity index (χ3v) is 3.30. The lowest BCUT2D eigenvalue weighted by Gasteiger charge is -2.15. The first kappa shape index (κ1) is 10.1. The molecule has 0 bridgehead atoms. The molecule has 1 saturated carbocycles. The molecule has 70 valence electrons. The molecule has 1 aliphatic carbocycles. The maximum Gasteiger partial charge on any atom is 0.120 e. The Bertz CT molecular complexity index is 91.2. The van der Waals surface area contributed by atoms with Crippen molar-refractivity contribution in [3.8, 4) is 0 Å². The molecule has 1 aliphatic rings. The van der Waals surface area contributed by atoms with E-state index in [1.54, 1.807) is 0 Å². The SMILES string of the molecule is CBC1CCCCCCCCC1. The van der Waals surface area contributed by atoms with Crippen LogP contribution in [-0.2, 0) is 0 Å². The quantitative estimate of drug-likeness (QED) is 0.520. The van der Waals surface area contributed by atoms with Gasteiger partial charge in [0.1, 0.15) is 7.28 Å². The first-order valence-corrected chi connectivity index (χ1v) is 5.93. The number of hydrogen-bond donors (Lipinski definition) is 0. The van der Waals surface area contributed by atoms with Gasteiger partial charge in [-0.3, -0.25) is 0 Å². The van der Waals surface area contributed by atoms with E-state index in [0.29, 0.717) is 0 Å². The van der Waals surface area contributed by atoms with Crippen LogP contribution in [0, 0.1) is 0 Å². The first-order valence-electron chi connectivity index (χ1n) is 5.93. The van der Waals surface area contributed by atoms with Crippen molar-refractivity contribution in [3.05, 3.63) is 0 Å². The molecular weight excluding hydrogens is 143 g/mol. The van der Waals surface area contributed by atoms with E-state index in [1.807, 2.05) is 0 Å². The van der Waals surface area contributed by atoms with Crippen LogP contribution in [0.1, 0.15) is 57.8 Å². The predicted octanol–water partition coefficient (Wildman–Crippen LogP) is 3.78. The van der Waals surface area contributed by atoms with Gasteiger partial charge >= 0.3 is 0 Å². The van der Waals surface area contributed by atoms with Crippen LogP contribution in [0.3, 0.4) is 0 Å². The topological polar surface area (TPSA) is 0 Å². The largest absolute Gasteiger partial charge is 0.120 e. The predicted molar refractivity (Wildman–Crippen MR) is 58.3 cm³/mol. The molecule has 1 rings (SSSR count). The molecule has 0 amide bonds. The van der Waals surface area contributed by atoms with Crippen LogP contribution in [0.2, 0.25) is 12.6 Å². The Hall–Kier alpha value is 0.0649. The Morgan fingerprint density at radius 3 is 1.58 bits per heavy atom. The van der Waals surface area contributed by atoms with Crippen molar-refractivity contribution >= 4 is 7.28 Å². The molecule has 0 atom stereocenters. The minimum absolute atomic E-state index is 1.06. The fourth-order valence-electron chi connectivity index (χ4n) is 2.30. The Kier molecular flexibility index (Phi) is 5.55. The van der Waals surface area contributed by atoms with Gasteiger partial charge in [0.15, 0.2) is 0 Å². The first-order chi connectivity index (χ1) is 5.93. The van der Waals surface area contributed by atoms with E-state index >= 15 is 0 Å². The van der Waals surface area contributed by atoms with Gasteiger partial charge in [0.05, 0.1) is 0 Å². The van der Waals surface area contributed by atoms with Gasteiger partial charge in [0.25, 0.3) is 0 Å². The molecule has 1 fully saturated rings. The minimum Gasteiger partial charge on any atom is -0.0891 e. The summed E-state index contributed by atoms with van der Waals surface area (Å²) in [6.45, 7) is 2.36. The van der Waals surface area contributed by atoms with Gasteiger partial charge in [0, 0.05) is 0 Å². The molecule has 0 saturated heterocycles. The maximum absolute atomic E-state index is 2.36. The van der Waals surface area contributed by atoms with Gasteiger partial charge in [-0.05, 0) is 0 Å². The zero-order valence-electron chi connectivity index (χ0n) is 8.65. The second-order valence-corrected chi connectivity index (χ2v) is 4.33. The highest BCUT2D eigenvalue weighted by molar-refractivity contribution is 6.35. The van der Waals surface area contributed by atoms with Crippen molar-refractivity contribution in [2.45, 2.75) is 70.4 Å². The van der Waals surface area contributed by atoms with Gasteiger partial charge in [-0.1, -0.05) is 70.4 Å². The molecule has 0 nitrogen and oxygen atoms in total. The molecule has 0 N–H and O–H groups in total. The van der Waals surface area contributed by atoms with Crippen LogP contribution in [0.5, 0.6) is 0 Å². The summed E-state index contributed by atoms with van der Waals surface area (Å²) in [5.41, 5.74) is 0. The summed E-state index contributed by atoms with van der Waals surface area (Å²) in [5, 5.41) is 0. The van der Waals surface area contributed by atoms with E-state index in [1.165, 1.54) is 65.1 Å². The molecule has 0 aliphatic heterocycles. The van der Waals surface area contributed by atoms with Crippen LogP contribution in [0.15, 0.2) is 0 Å². The smallest absolute Gasteiger partial charge is 0.0891 e. The molecule has 0 aromatic heterocycles. The second-order valence-electron chi connectivity index (χ2n) is 4.33. The third kappa shape index (κ3) is 4.18. The van der Waals surface area contributed by atoms with Crippen molar-refractivity contribution in [3.63, 3.8) is 0 Å². The highest BCUT2D eigenvalue weighted by Gasteiger charge is 2.07. The van der Waals surface area contributed by atoms with Gasteiger partial charge in [-0.15, -0.1) is 0 Å². The number of hydrogen-bond acceptors (Lipinski definition) is 0. The lowest BCUT2D eigenvalue weighted by molar-refractivity contribution is 0.502. The van der Waals surface area contributed by atoms with E-state index in [2.05, 4.69) is 6.82 Å². The molecular formula is C11H23B. The summed E-state index contributed by atoms with van der Waals surface area (Å²) in [6.07, 6.45) is 13.5. The standard InChI is InChI=1S/C11H23B/c1-12-11-9-7-5-3-2-4-6-8-10-11/h11-12H,2-10H2,1H3. The third-order valence-electron chi connectivity index (χ3n) is 3.30. The average molecular weight is 166 g/mol. The van der Waals surface area contributed by atoms with Gasteiger partial charge in [-0.2, -0.15) is 0 Å². The fraction of sp³-hybridized carbons (Fsp3) is 1.00. The molecule has 0 aromatic carbocycles. The summed E-state index contributed by atoms with van der Waals surface area (Å²) in [4.78, 5) is 0. The Morgan fingerprint density at radius 1 is 0.750 bits per heavy atom. The van der Waals surface area contributed by atoms with E-state index < -0.39 is 0 Å². The van der Waals surface area contributed by atoms with E-state index in [9.17, 15) is 0 Å². The normalized spacial score (nSPS) is 23.4. The van der Waals surface area contributed by atoms with Gasteiger partial charge < -0.3 is 0 Å². The summed E-state index contributed by atoms with van der Waals surface area (Å²) < 4.78 is 0. The molecule has 0 aromatic rings. The van der Waals surface area contributed by atoms with Crippen LogP contribution in [0.4, 0.5) is 0 Å². The summed E-state index contributed by atoms with van der Waals surface area (Å²) in [5.74, 6) is 1.06. The van der Waals surface area contributed by atoms with E-state index in [-0.39, 0.29) is 0 Å². The fourth-order valence-corrected chi connectivity index (χ4v) is 2.30. The van der Waals surface area contributed by atoms with Crippen molar-refractivity contribution in [1.82, 2.24) is 0 Å². The molecule has 0 spiro atoms. The van der Waals surface area contributed by atoms with Crippen molar-refractivity contribution < 1.29 is 0 Å². The summed E-state index contributed by atoms with van der Waals surface area (Å²) in [6, 6.07) is 0. The highest BCUT2D eigenvalue weighted by Crippen LogP contribution is 2.24. The molecule has 0 heterocycles. The van der Waals surface area contributed by atoms with Crippen molar-refractivity contribution in [1.29, 1.82) is 0 Å². The van der Waals surface area contributed by atoms with Crippen LogP contribution in [-0.4, -0.2) is 7.28 Å². The summed E-state index contributed by atoms with van der Waals surface area (Å²) >= 11 is 0. The maximum atomic E-state index is 2.36. The highest BCUT2D eigenvalue weighted by atomic mass is 14.1. The number of rotatable bonds is 1. The Balaban J connectivity index is 2.17. The molecule has 12 heavy (non-hydrogen) atoms. The lowest BCUT2D eigenvalue weighted by atomic mass is 9.62. The Labute approximate surface area is 78.4 Å². The monoisotopic (exact) mass is 166 g/mol.